The number of unbranched alkanes of at least 4 members (excludes halogenated alkanes) is 33. The molecule has 3 unspecified atom stereocenters. The first-order valence-electron chi connectivity index (χ1n) is 36.7. The lowest BCUT2D eigenvalue weighted by Crippen LogP contribution is -2.30. The number of carbonyl (C=O) groups is 4. The van der Waals surface area contributed by atoms with Gasteiger partial charge in [-0.15, -0.1) is 0 Å². The third-order valence-corrected chi connectivity index (χ3v) is 18.6. The number of rotatable bonds is 68. The topological polar surface area (TPSA) is 237 Å². The summed E-state index contributed by atoms with van der Waals surface area (Å²) in [5.74, 6) is 0.899. The molecule has 3 N–H and O–H groups in total. The number of ether oxygens (including phenoxy) is 4. The maximum Gasteiger partial charge on any atom is 0.472 e. The third kappa shape index (κ3) is 63.5. The SMILES string of the molecule is CCC(C)CCCCCCCCCCCCC(=O)O[C@H](COC(=O)CCCCCCCCCCCC(C)C)COP(=O)(O)OC[C@@H](O)COP(=O)(O)OC[C@@H](COC(=O)CCCCCCCCCCCC(C)C)OC(=O)CCCCCCCCCCCC(C)C. The van der Waals surface area contributed by atoms with Gasteiger partial charge in [0.25, 0.3) is 0 Å². The fourth-order valence-corrected chi connectivity index (χ4v) is 12.2. The normalized spacial score (nSPS) is 14.6. The standard InChI is InChI=1S/C71H138O17P2/c1-9-64(8)50-42-34-26-18-10-11-19-29-37-45-53-70(75)87-66(57-81-68(73)51-43-35-27-20-12-15-23-31-39-47-61(2)3)59-85-89(77,78)83-55-65(72)56-84-90(79,80)86-60-67(88-71(76)54-46-38-30-22-14-17-25-33-41-49-63(6)7)58-82-69(74)52-44-36-28-21-13-16-24-32-40-48-62(4)5/h61-67,72H,9-60H2,1-8H3,(H,77,78)(H,79,80)/t64?,65-,66-,67-/m1/s1. The predicted octanol–water partition coefficient (Wildman–Crippen LogP) is 20.1. The molecule has 90 heavy (non-hydrogen) atoms. The Kier molecular flexibility index (Phi) is 59.4. The van der Waals surface area contributed by atoms with E-state index in [1.165, 1.54) is 154 Å². The molecule has 0 amide bonds. The van der Waals surface area contributed by atoms with Gasteiger partial charge in [-0.05, 0) is 49.4 Å². The van der Waals surface area contributed by atoms with Gasteiger partial charge in [-0.3, -0.25) is 37.3 Å². The number of aliphatic hydroxyl groups excluding tert-OH is 1. The summed E-state index contributed by atoms with van der Waals surface area (Å²) in [7, 11) is -9.91. The van der Waals surface area contributed by atoms with E-state index in [1.807, 2.05) is 0 Å². The first-order valence-corrected chi connectivity index (χ1v) is 39.7. The van der Waals surface area contributed by atoms with Crippen LogP contribution in [0.1, 0.15) is 351 Å². The molecule has 0 radical (unpaired) electrons. The minimum absolute atomic E-state index is 0.104. The average molecular weight is 1330 g/mol. The zero-order valence-electron chi connectivity index (χ0n) is 58.8. The van der Waals surface area contributed by atoms with Crippen molar-refractivity contribution in [3.05, 3.63) is 0 Å². The molecule has 0 heterocycles. The van der Waals surface area contributed by atoms with Gasteiger partial charge in [0.1, 0.15) is 19.3 Å². The predicted molar refractivity (Wildman–Crippen MR) is 363 cm³/mol. The van der Waals surface area contributed by atoms with E-state index in [1.54, 1.807) is 0 Å². The zero-order chi connectivity index (χ0) is 66.8. The Hall–Kier alpha value is -1.94. The van der Waals surface area contributed by atoms with Crippen LogP contribution in [0.4, 0.5) is 0 Å². The molecule has 0 saturated carbocycles. The van der Waals surface area contributed by atoms with E-state index in [-0.39, 0.29) is 25.7 Å². The van der Waals surface area contributed by atoms with Crippen molar-refractivity contribution < 1.29 is 80.2 Å². The second-order valence-corrected chi connectivity index (χ2v) is 30.2. The molecule has 0 spiro atoms. The van der Waals surface area contributed by atoms with Crippen LogP contribution in [0.15, 0.2) is 0 Å². The summed E-state index contributed by atoms with van der Waals surface area (Å²) in [6.45, 7) is 14.1. The molecule has 0 aromatic rings. The van der Waals surface area contributed by atoms with Crippen LogP contribution in [0.25, 0.3) is 0 Å². The molecule has 0 rings (SSSR count). The maximum absolute atomic E-state index is 13.0. The Morgan fingerprint density at radius 2 is 0.533 bits per heavy atom. The van der Waals surface area contributed by atoms with Crippen LogP contribution in [0.2, 0.25) is 0 Å². The molecule has 0 aliphatic heterocycles. The average Bonchev–Trinajstić information content (AvgIpc) is 3.02. The monoisotopic (exact) mass is 1320 g/mol. The maximum atomic E-state index is 13.0. The van der Waals surface area contributed by atoms with Gasteiger partial charge < -0.3 is 33.8 Å². The largest absolute Gasteiger partial charge is 0.472 e. The van der Waals surface area contributed by atoms with E-state index in [0.29, 0.717) is 25.7 Å². The highest BCUT2D eigenvalue weighted by Crippen LogP contribution is 2.45. The Morgan fingerprint density at radius 3 is 0.789 bits per heavy atom. The highest BCUT2D eigenvalue weighted by Gasteiger charge is 2.30. The van der Waals surface area contributed by atoms with Crippen molar-refractivity contribution >= 4 is 39.5 Å². The van der Waals surface area contributed by atoms with Gasteiger partial charge in [0.2, 0.25) is 0 Å². The Labute approximate surface area is 549 Å². The van der Waals surface area contributed by atoms with Gasteiger partial charge in [-0.25, -0.2) is 9.13 Å². The highest BCUT2D eigenvalue weighted by atomic mass is 31.2. The molecule has 0 fully saturated rings. The van der Waals surface area contributed by atoms with Crippen LogP contribution < -0.4 is 0 Å². The summed E-state index contributed by atoms with van der Waals surface area (Å²) in [6, 6.07) is 0. The number of hydrogen-bond acceptors (Lipinski definition) is 15. The Bertz CT molecular complexity index is 1780. The smallest absolute Gasteiger partial charge is 0.462 e. The number of phosphoric acid groups is 2. The molecular formula is C71H138O17P2. The fraction of sp³-hybridized carbons (Fsp3) is 0.944. The molecule has 0 saturated heterocycles. The minimum atomic E-state index is -4.95. The van der Waals surface area contributed by atoms with Crippen LogP contribution >= 0.6 is 15.6 Å². The molecular weight excluding hydrogens is 1190 g/mol. The molecule has 0 aliphatic rings. The Morgan fingerprint density at radius 1 is 0.311 bits per heavy atom. The second-order valence-electron chi connectivity index (χ2n) is 27.3. The molecule has 0 bridgehead atoms. The first kappa shape index (κ1) is 88.1. The summed E-state index contributed by atoms with van der Waals surface area (Å²) < 4.78 is 68.3. The van der Waals surface area contributed by atoms with Gasteiger partial charge in [-0.1, -0.05) is 299 Å². The van der Waals surface area contributed by atoms with E-state index in [0.717, 1.165) is 114 Å². The van der Waals surface area contributed by atoms with Gasteiger partial charge in [0.15, 0.2) is 12.2 Å². The van der Waals surface area contributed by atoms with Crippen molar-refractivity contribution in [3.63, 3.8) is 0 Å². The van der Waals surface area contributed by atoms with Crippen LogP contribution in [0.3, 0.4) is 0 Å². The summed E-state index contributed by atoms with van der Waals surface area (Å²) >= 11 is 0. The fourth-order valence-electron chi connectivity index (χ4n) is 10.6. The lowest BCUT2D eigenvalue weighted by Gasteiger charge is -2.21. The van der Waals surface area contributed by atoms with Crippen molar-refractivity contribution in [3.8, 4) is 0 Å². The van der Waals surface area contributed by atoms with Crippen molar-refractivity contribution in [2.24, 2.45) is 23.7 Å². The summed E-state index contributed by atoms with van der Waals surface area (Å²) in [4.78, 5) is 72.6. The molecule has 0 aromatic heterocycles. The summed E-state index contributed by atoms with van der Waals surface area (Å²) in [5.41, 5.74) is 0. The summed E-state index contributed by atoms with van der Waals surface area (Å²) in [5, 5.41) is 10.6. The van der Waals surface area contributed by atoms with Gasteiger partial charge in [-0.2, -0.15) is 0 Å². The summed E-state index contributed by atoms with van der Waals surface area (Å²) in [6.07, 6.45) is 43.0. The lowest BCUT2D eigenvalue weighted by molar-refractivity contribution is -0.161. The Balaban J connectivity index is 5.28. The van der Waals surface area contributed by atoms with E-state index in [9.17, 15) is 43.2 Å². The zero-order valence-corrected chi connectivity index (χ0v) is 60.6. The molecule has 0 aromatic carbocycles. The quantitative estimate of drug-likeness (QED) is 0.0222. The van der Waals surface area contributed by atoms with Crippen LogP contribution in [0, 0.1) is 23.7 Å². The third-order valence-electron chi connectivity index (χ3n) is 16.7. The highest BCUT2D eigenvalue weighted by molar-refractivity contribution is 7.47. The van der Waals surface area contributed by atoms with E-state index >= 15 is 0 Å². The van der Waals surface area contributed by atoms with Gasteiger partial charge in [0.05, 0.1) is 26.4 Å². The first-order chi connectivity index (χ1) is 43.1. The van der Waals surface area contributed by atoms with Gasteiger partial charge in [0, 0.05) is 25.7 Å². The number of esters is 4. The number of hydrogen-bond donors (Lipinski definition) is 3. The van der Waals surface area contributed by atoms with E-state index < -0.39 is 97.5 Å². The molecule has 6 atom stereocenters. The van der Waals surface area contributed by atoms with E-state index in [2.05, 4.69) is 55.4 Å². The number of aliphatic hydroxyl groups is 1. The van der Waals surface area contributed by atoms with Crippen LogP contribution in [-0.2, 0) is 65.4 Å². The molecule has 0 aliphatic carbocycles. The van der Waals surface area contributed by atoms with Gasteiger partial charge >= 0.3 is 39.5 Å². The van der Waals surface area contributed by atoms with Crippen molar-refractivity contribution in [2.45, 2.75) is 369 Å². The lowest BCUT2D eigenvalue weighted by atomic mass is 9.99. The molecule has 534 valence electrons. The number of carbonyl (C=O) groups excluding carboxylic acids is 4. The van der Waals surface area contributed by atoms with Crippen molar-refractivity contribution in [1.82, 2.24) is 0 Å². The second kappa shape index (κ2) is 60.7. The van der Waals surface area contributed by atoms with E-state index in [4.69, 9.17) is 37.0 Å². The van der Waals surface area contributed by atoms with Crippen LogP contribution in [0.5, 0.6) is 0 Å². The van der Waals surface area contributed by atoms with Crippen molar-refractivity contribution in [2.75, 3.05) is 39.6 Å². The minimum Gasteiger partial charge on any atom is -0.462 e. The molecule has 17 nitrogen and oxygen atoms in total. The van der Waals surface area contributed by atoms with Crippen LogP contribution in [-0.4, -0.2) is 96.7 Å². The van der Waals surface area contributed by atoms with Crippen molar-refractivity contribution in [1.29, 1.82) is 0 Å². The molecule has 19 heteroatoms. The number of phosphoric ester groups is 2.